The molecule has 0 saturated carbocycles. The number of carboxylic acids is 1. The molecule has 0 aliphatic heterocycles. The van der Waals surface area contributed by atoms with Crippen LogP contribution in [0, 0.1) is 11.3 Å². The molecule has 4 heteroatoms. The van der Waals surface area contributed by atoms with Gasteiger partial charge >= 0.3 is 5.97 Å². The normalized spacial score (nSPS) is 14.8. The molecule has 1 atom stereocenters. The minimum atomic E-state index is -0.987. The van der Waals surface area contributed by atoms with Crippen molar-refractivity contribution < 1.29 is 14.7 Å². The molecule has 1 N–H and O–H groups in total. The SMILES string of the molecule is CCN(C(=O)CC(C)(C(=O)O)C(C)C)C(C)C. The fraction of sp³-hybridized carbons (Fsp3) is 0.846. The first-order chi connectivity index (χ1) is 7.66. The zero-order chi connectivity index (χ0) is 13.8. The van der Waals surface area contributed by atoms with Crippen molar-refractivity contribution >= 4 is 11.9 Å². The molecule has 0 aromatic heterocycles. The molecule has 0 radical (unpaired) electrons. The van der Waals surface area contributed by atoms with Crippen LogP contribution in [0.2, 0.25) is 0 Å². The summed E-state index contributed by atoms with van der Waals surface area (Å²) in [6.45, 7) is 11.7. The topological polar surface area (TPSA) is 57.6 Å². The van der Waals surface area contributed by atoms with Crippen molar-refractivity contribution in [3.05, 3.63) is 0 Å². The molecule has 1 unspecified atom stereocenters. The van der Waals surface area contributed by atoms with E-state index >= 15 is 0 Å². The number of amides is 1. The minimum Gasteiger partial charge on any atom is -0.481 e. The van der Waals surface area contributed by atoms with E-state index in [-0.39, 0.29) is 24.3 Å². The predicted molar refractivity (Wildman–Crippen MR) is 67.7 cm³/mol. The Hall–Kier alpha value is -1.06. The molecule has 1 amide bonds. The quantitative estimate of drug-likeness (QED) is 0.779. The van der Waals surface area contributed by atoms with Gasteiger partial charge in [0.1, 0.15) is 0 Å². The lowest BCUT2D eigenvalue weighted by atomic mass is 9.76. The highest BCUT2D eigenvalue weighted by Crippen LogP contribution is 2.32. The van der Waals surface area contributed by atoms with E-state index in [0.29, 0.717) is 6.54 Å². The summed E-state index contributed by atoms with van der Waals surface area (Å²) in [4.78, 5) is 25.1. The number of carboxylic acid groups (broad SMARTS) is 1. The molecule has 0 aromatic rings. The highest BCUT2D eigenvalue weighted by Gasteiger charge is 2.39. The van der Waals surface area contributed by atoms with E-state index in [0.717, 1.165) is 0 Å². The first-order valence-corrected chi connectivity index (χ1v) is 6.19. The Morgan fingerprint density at radius 2 is 1.71 bits per heavy atom. The Morgan fingerprint density at radius 3 is 1.94 bits per heavy atom. The van der Waals surface area contributed by atoms with Gasteiger partial charge in [-0.25, -0.2) is 0 Å². The summed E-state index contributed by atoms with van der Waals surface area (Å²) in [5.74, 6) is -1.06. The second kappa shape index (κ2) is 6.03. The zero-order valence-electron chi connectivity index (χ0n) is 11.8. The number of carbonyl (C=O) groups excluding carboxylic acids is 1. The van der Waals surface area contributed by atoms with Gasteiger partial charge in [-0.1, -0.05) is 13.8 Å². The third-order valence-corrected chi connectivity index (χ3v) is 3.57. The highest BCUT2D eigenvalue weighted by atomic mass is 16.4. The van der Waals surface area contributed by atoms with Crippen LogP contribution in [0.3, 0.4) is 0 Å². The third-order valence-electron chi connectivity index (χ3n) is 3.57. The van der Waals surface area contributed by atoms with E-state index in [1.165, 1.54) is 0 Å². The van der Waals surface area contributed by atoms with Crippen LogP contribution in [0.25, 0.3) is 0 Å². The monoisotopic (exact) mass is 243 g/mol. The van der Waals surface area contributed by atoms with E-state index in [4.69, 9.17) is 0 Å². The maximum absolute atomic E-state index is 12.1. The zero-order valence-corrected chi connectivity index (χ0v) is 11.8. The van der Waals surface area contributed by atoms with Gasteiger partial charge in [-0.05, 0) is 33.6 Å². The van der Waals surface area contributed by atoms with Crippen molar-refractivity contribution in [2.75, 3.05) is 6.54 Å². The lowest BCUT2D eigenvalue weighted by Crippen LogP contribution is -2.43. The van der Waals surface area contributed by atoms with Crippen molar-refractivity contribution in [2.24, 2.45) is 11.3 Å². The molecule has 17 heavy (non-hydrogen) atoms. The Morgan fingerprint density at radius 1 is 1.24 bits per heavy atom. The average molecular weight is 243 g/mol. The van der Waals surface area contributed by atoms with Gasteiger partial charge in [-0.3, -0.25) is 9.59 Å². The van der Waals surface area contributed by atoms with E-state index in [9.17, 15) is 14.7 Å². The Labute approximate surface area is 104 Å². The van der Waals surface area contributed by atoms with Crippen molar-refractivity contribution in [1.82, 2.24) is 4.90 Å². The third kappa shape index (κ3) is 3.72. The molecule has 0 aromatic carbocycles. The first-order valence-electron chi connectivity index (χ1n) is 6.19. The van der Waals surface area contributed by atoms with Crippen LogP contribution in [0.4, 0.5) is 0 Å². The second-order valence-corrected chi connectivity index (χ2v) is 5.33. The molecular formula is C13H25NO3. The number of hydrogen-bond acceptors (Lipinski definition) is 2. The second-order valence-electron chi connectivity index (χ2n) is 5.33. The number of nitrogens with zero attached hydrogens (tertiary/aromatic N) is 1. The first kappa shape index (κ1) is 15.9. The minimum absolute atomic E-state index is 0.0615. The summed E-state index contributed by atoms with van der Waals surface area (Å²) < 4.78 is 0. The van der Waals surface area contributed by atoms with Crippen molar-refractivity contribution in [1.29, 1.82) is 0 Å². The maximum atomic E-state index is 12.1. The average Bonchev–Trinajstić information content (AvgIpc) is 2.16. The fourth-order valence-corrected chi connectivity index (χ4v) is 1.77. The molecular weight excluding hydrogens is 218 g/mol. The van der Waals surface area contributed by atoms with Crippen LogP contribution in [0.1, 0.15) is 48.0 Å². The smallest absolute Gasteiger partial charge is 0.310 e. The number of carbonyl (C=O) groups is 2. The number of aliphatic carboxylic acids is 1. The Balaban J connectivity index is 4.91. The van der Waals surface area contributed by atoms with Crippen molar-refractivity contribution in [3.63, 3.8) is 0 Å². The highest BCUT2D eigenvalue weighted by molar-refractivity contribution is 5.85. The summed E-state index contributed by atoms with van der Waals surface area (Å²) in [6, 6.07) is 0.109. The van der Waals surface area contributed by atoms with Gasteiger partial charge in [0.05, 0.1) is 5.41 Å². The molecule has 0 aliphatic carbocycles. The molecule has 0 fully saturated rings. The molecule has 0 rings (SSSR count). The van der Waals surface area contributed by atoms with Gasteiger partial charge in [0, 0.05) is 19.0 Å². The van der Waals surface area contributed by atoms with Gasteiger partial charge in [0.2, 0.25) is 5.91 Å². The van der Waals surface area contributed by atoms with Crippen LogP contribution in [-0.2, 0) is 9.59 Å². The molecule has 0 spiro atoms. The van der Waals surface area contributed by atoms with Crippen LogP contribution in [0.5, 0.6) is 0 Å². The largest absolute Gasteiger partial charge is 0.481 e. The van der Waals surface area contributed by atoms with Gasteiger partial charge in [0.25, 0.3) is 0 Å². The standard InChI is InChI=1S/C13H25NO3/c1-7-14(10(4)5)11(15)8-13(6,9(2)3)12(16)17/h9-10H,7-8H2,1-6H3,(H,16,17). The number of hydrogen-bond donors (Lipinski definition) is 1. The molecule has 100 valence electrons. The summed E-state index contributed by atoms with van der Waals surface area (Å²) in [5.41, 5.74) is -0.987. The van der Waals surface area contributed by atoms with Crippen LogP contribution >= 0.6 is 0 Å². The molecule has 0 aliphatic rings. The van der Waals surface area contributed by atoms with Gasteiger partial charge in [-0.15, -0.1) is 0 Å². The van der Waals surface area contributed by atoms with Gasteiger partial charge in [-0.2, -0.15) is 0 Å². The fourth-order valence-electron chi connectivity index (χ4n) is 1.77. The molecule has 0 bridgehead atoms. The Kier molecular flexibility index (Phi) is 5.66. The van der Waals surface area contributed by atoms with Crippen molar-refractivity contribution in [3.8, 4) is 0 Å². The summed E-state index contributed by atoms with van der Waals surface area (Å²) in [5, 5.41) is 9.27. The summed E-state index contributed by atoms with van der Waals surface area (Å²) in [7, 11) is 0. The lowest BCUT2D eigenvalue weighted by Gasteiger charge is -2.32. The van der Waals surface area contributed by atoms with Gasteiger partial charge < -0.3 is 10.0 Å². The van der Waals surface area contributed by atoms with E-state index < -0.39 is 11.4 Å². The van der Waals surface area contributed by atoms with E-state index in [2.05, 4.69) is 0 Å². The lowest BCUT2D eigenvalue weighted by molar-refractivity contribution is -0.156. The predicted octanol–water partition coefficient (Wildman–Crippen LogP) is 2.38. The van der Waals surface area contributed by atoms with E-state index in [1.54, 1.807) is 11.8 Å². The van der Waals surface area contributed by atoms with E-state index in [1.807, 2.05) is 34.6 Å². The van der Waals surface area contributed by atoms with Crippen LogP contribution in [0.15, 0.2) is 0 Å². The van der Waals surface area contributed by atoms with Crippen LogP contribution in [-0.4, -0.2) is 34.5 Å². The summed E-state index contributed by atoms with van der Waals surface area (Å²) in [6.07, 6.45) is 0.0615. The number of rotatable bonds is 6. The Bertz CT molecular complexity index is 286. The van der Waals surface area contributed by atoms with Crippen LogP contribution < -0.4 is 0 Å². The van der Waals surface area contributed by atoms with Crippen molar-refractivity contribution in [2.45, 2.75) is 54.0 Å². The molecule has 0 heterocycles. The molecule has 4 nitrogen and oxygen atoms in total. The van der Waals surface area contributed by atoms with Gasteiger partial charge in [0.15, 0.2) is 0 Å². The summed E-state index contributed by atoms with van der Waals surface area (Å²) >= 11 is 0. The maximum Gasteiger partial charge on any atom is 0.310 e. The molecule has 0 saturated heterocycles.